The molecule has 0 aliphatic heterocycles. The van der Waals surface area contributed by atoms with E-state index in [1.54, 1.807) is 24.3 Å². The Labute approximate surface area is 156 Å². The maximum absolute atomic E-state index is 16.7. The summed E-state index contributed by atoms with van der Waals surface area (Å²) in [4.78, 5) is 1.98. The molecule has 0 N–H and O–H groups in total. The molecular formula is C23H22FNS. The van der Waals surface area contributed by atoms with Gasteiger partial charge in [0.05, 0.1) is 11.6 Å². The summed E-state index contributed by atoms with van der Waals surface area (Å²) in [5.74, 6) is 0. The van der Waals surface area contributed by atoms with E-state index in [2.05, 4.69) is 19.9 Å². The summed E-state index contributed by atoms with van der Waals surface area (Å²) < 4.78 is 16.7. The molecule has 3 aromatic carbocycles. The number of halogens is 1. The lowest BCUT2D eigenvalue weighted by molar-refractivity contribution is 0.868. The Morgan fingerprint density at radius 2 is 1.04 bits per heavy atom. The summed E-state index contributed by atoms with van der Waals surface area (Å²) in [6.07, 6.45) is 1.86. The fraction of sp³-hybridized carbons (Fsp3) is 0.174. The van der Waals surface area contributed by atoms with Crippen molar-refractivity contribution in [2.24, 2.45) is 0 Å². The predicted octanol–water partition coefficient (Wildman–Crippen LogP) is 6.85. The number of hydrogen-bond donors (Lipinski definition) is 0. The van der Waals surface area contributed by atoms with Crippen LogP contribution in [-0.4, -0.2) is 0 Å². The quantitative estimate of drug-likeness (QED) is 0.486. The molecule has 0 radical (unpaired) electrons. The van der Waals surface area contributed by atoms with Crippen LogP contribution in [0.4, 0.5) is 3.89 Å². The van der Waals surface area contributed by atoms with Gasteiger partial charge in [0, 0.05) is 14.7 Å². The first-order chi connectivity index (χ1) is 12.6. The van der Waals surface area contributed by atoms with Crippen molar-refractivity contribution in [3.8, 4) is 6.07 Å². The molecule has 0 saturated carbocycles. The monoisotopic (exact) mass is 363 g/mol. The Kier molecular flexibility index (Phi) is 5.44. The third-order valence-corrected chi connectivity index (χ3v) is 7.39. The smallest absolute Gasteiger partial charge is 0.0991 e. The summed E-state index contributed by atoms with van der Waals surface area (Å²) in [7, 11) is -2.86. The molecule has 26 heavy (non-hydrogen) atoms. The second kappa shape index (κ2) is 7.76. The van der Waals surface area contributed by atoms with Gasteiger partial charge in [0.25, 0.3) is 0 Å². The predicted molar refractivity (Wildman–Crippen MR) is 106 cm³/mol. The van der Waals surface area contributed by atoms with Crippen LogP contribution < -0.4 is 0 Å². The highest BCUT2D eigenvalue weighted by molar-refractivity contribution is 8.29. The van der Waals surface area contributed by atoms with E-state index < -0.39 is 10.4 Å². The van der Waals surface area contributed by atoms with Gasteiger partial charge in [-0.3, -0.25) is 0 Å². The fourth-order valence-corrected chi connectivity index (χ4v) is 5.30. The molecule has 0 aromatic heterocycles. The largest absolute Gasteiger partial charge is 0.192 e. The number of rotatable bonds is 5. The third-order valence-electron chi connectivity index (χ3n) is 4.62. The first-order valence-corrected chi connectivity index (χ1v) is 10.4. The number of nitrogens with zero attached hydrogens (tertiary/aromatic N) is 1. The average molecular weight is 364 g/mol. The van der Waals surface area contributed by atoms with Crippen LogP contribution >= 0.6 is 10.4 Å². The molecule has 0 unspecified atom stereocenters. The van der Waals surface area contributed by atoms with Gasteiger partial charge in [-0.1, -0.05) is 38.1 Å². The van der Waals surface area contributed by atoms with Gasteiger partial charge in [-0.15, -0.1) is 0 Å². The highest BCUT2D eigenvalue weighted by atomic mass is 32.3. The minimum absolute atomic E-state index is 0.540. The molecule has 0 heterocycles. The lowest BCUT2D eigenvalue weighted by Crippen LogP contribution is -1.99. The summed E-state index contributed by atoms with van der Waals surface area (Å²) in [5.41, 5.74) is 2.92. The second-order valence-electron chi connectivity index (χ2n) is 6.17. The zero-order chi connectivity index (χ0) is 18.6. The first kappa shape index (κ1) is 18.2. The van der Waals surface area contributed by atoms with Gasteiger partial charge >= 0.3 is 0 Å². The molecule has 0 fully saturated rings. The van der Waals surface area contributed by atoms with Gasteiger partial charge in [0.15, 0.2) is 0 Å². The van der Waals surface area contributed by atoms with Crippen molar-refractivity contribution in [3.05, 3.63) is 89.5 Å². The van der Waals surface area contributed by atoms with E-state index >= 15 is 3.89 Å². The molecule has 3 rings (SSSR count). The van der Waals surface area contributed by atoms with Crippen LogP contribution in [0.3, 0.4) is 0 Å². The highest BCUT2D eigenvalue weighted by Crippen LogP contribution is 2.69. The van der Waals surface area contributed by atoms with E-state index in [9.17, 15) is 0 Å². The molecule has 0 amide bonds. The van der Waals surface area contributed by atoms with Gasteiger partial charge in [-0.25, -0.2) is 0 Å². The number of aryl methyl sites for hydroxylation is 2. The van der Waals surface area contributed by atoms with Crippen LogP contribution in [0.25, 0.3) is 0 Å². The summed E-state index contributed by atoms with van der Waals surface area (Å²) in [6.45, 7) is 4.18. The van der Waals surface area contributed by atoms with Crippen LogP contribution in [0.2, 0.25) is 0 Å². The van der Waals surface area contributed by atoms with Gasteiger partial charge in [0.1, 0.15) is 0 Å². The Morgan fingerprint density at radius 1 is 0.692 bits per heavy atom. The first-order valence-electron chi connectivity index (χ1n) is 8.83. The van der Waals surface area contributed by atoms with Crippen LogP contribution in [-0.2, 0) is 12.8 Å². The highest BCUT2D eigenvalue weighted by Gasteiger charge is 2.31. The Bertz CT molecular complexity index is 859. The van der Waals surface area contributed by atoms with E-state index in [0.717, 1.165) is 12.8 Å². The van der Waals surface area contributed by atoms with Crippen molar-refractivity contribution in [2.45, 2.75) is 41.4 Å². The van der Waals surface area contributed by atoms with Crippen molar-refractivity contribution in [1.82, 2.24) is 0 Å². The second-order valence-corrected chi connectivity index (χ2v) is 8.66. The molecule has 0 atom stereocenters. The van der Waals surface area contributed by atoms with Gasteiger partial charge in [-0.05, 0) is 82.9 Å². The lowest BCUT2D eigenvalue weighted by Gasteiger charge is -2.32. The Morgan fingerprint density at radius 3 is 1.35 bits per heavy atom. The lowest BCUT2D eigenvalue weighted by atomic mass is 10.2. The van der Waals surface area contributed by atoms with Crippen LogP contribution in [0.15, 0.2) is 87.5 Å². The molecular weight excluding hydrogens is 341 g/mol. The fourth-order valence-electron chi connectivity index (χ4n) is 2.95. The Hall–Kier alpha value is -2.57. The van der Waals surface area contributed by atoms with Crippen LogP contribution in [0, 0.1) is 11.3 Å². The zero-order valence-corrected chi connectivity index (χ0v) is 15.9. The molecule has 1 nitrogen and oxygen atoms in total. The van der Waals surface area contributed by atoms with E-state index in [1.165, 1.54) is 11.1 Å². The third kappa shape index (κ3) is 3.38. The van der Waals surface area contributed by atoms with Crippen molar-refractivity contribution >= 4 is 10.4 Å². The van der Waals surface area contributed by atoms with E-state index in [1.807, 2.05) is 48.5 Å². The topological polar surface area (TPSA) is 23.8 Å². The van der Waals surface area contributed by atoms with Crippen molar-refractivity contribution in [1.29, 1.82) is 5.26 Å². The van der Waals surface area contributed by atoms with E-state index in [-0.39, 0.29) is 0 Å². The maximum Gasteiger partial charge on any atom is 0.0991 e. The van der Waals surface area contributed by atoms with Crippen molar-refractivity contribution in [2.75, 3.05) is 0 Å². The number of nitriles is 1. The van der Waals surface area contributed by atoms with Gasteiger partial charge in [-0.2, -0.15) is 9.15 Å². The summed E-state index contributed by atoms with van der Waals surface area (Å²) in [6, 6.07) is 24.6. The maximum atomic E-state index is 16.7. The SMILES string of the molecule is CCc1ccc(S(F)(c2ccc(C#N)cc2)c2ccc(CC)cc2)cc1. The number of benzene rings is 3. The van der Waals surface area contributed by atoms with Crippen molar-refractivity contribution < 1.29 is 3.89 Å². The molecule has 0 aliphatic rings. The molecule has 0 aliphatic carbocycles. The minimum Gasteiger partial charge on any atom is -0.192 e. The molecule has 132 valence electrons. The molecule has 3 heteroatoms. The molecule has 0 spiro atoms. The molecule has 0 bridgehead atoms. The summed E-state index contributed by atoms with van der Waals surface area (Å²) in [5, 5.41) is 9.04. The average Bonchev–Trinajstić information content (AvgIpc) is 2.73. The normalized spacial score (nSPS) is 11.8. The zero-order valence-electron chi connectivity index (χ0n) is 15.1. The van der Waals surface area contributed by atoms with E-state index in [0.29, 0.717) is 20.2 Å². The van der Waals surface area contributed by atoms with E-state index in [4.69, 9.17) is 5.26 Å². The Balaban J connectivity index is 2.16. The van der Waals surface area contributed by atoms with Gasteiger partial charge < -0.3 is 0 Å². The molecule has 0 saturated heterocycles. The number of hydrogen-bond acceptors (Lipinski definition) is 1. The van der Waals surface area contributed by atoms with Crippen LogP contribution in [0.1, 0.15) is 30.5 Å². The van der Waals surface area contributed by atoms with Gasteiger partial charge in [0.2, 0.25) is 0 Å². The molecule has 3 aromatic rings. The van der Waals surface area contributed by atoms with Crippen molar-refractivity contribution in [3.63, 3.8) is 0 Å². The minimum atomic E-state index is -2.86. The van der Waals surface area contributed by atoms with Crippen LogP contribution in [0.5, 0.6) is 0 Å². The standard InChI is InChI=1S/C23H22FNS/c1-3-18-5-11-21(12-6-18)26(24,22-13-7-19(4-2)8-14-22)23-15-9-20(17-25)10-16-23/h5-16H,3-4H2,1-2H3. The summed E-state index contributed by atoms with van der Waals surface area (Å²) >= 11 is 0.